The molecule has 0 bridgehead atoms. The number of hydrogen-bond donors (Lipinski definition) is 2. The third-order valence-electron chi connectivity index (χ3n) is 5.03. The molecule has 0 fully saturated rings. The molecule has 30 heavy (non-hydrogen) atoms. The molecule has 152 valence electrons. The van der Waals surface area contributed by atoms with Gasteiger partial charge in [-0.25, -0.2) is 4.98 Å². The SMILES string of the molecule is COCc1c(Cc2ccccc2)c(C)nc2sc(O)c(NC(=O)c3ccccc3)c12. The van der Waals surface area contributed by atoms with Gasteiger partial charge in [0.2, 0.25) is 0 Å². The molecule has 0 saturated carbocycles. The Morgan fingerprint density at radius 1 is 1.07 bits per heavy atom. The van der Waals surface area contributed by atoms with Gasteiger partial charge in [-0.2, -0.15) is 0 Å². The van der Waals surface area contributed by atoms with E-state index in [2.05, 4.69) is 17.4 Å². The quantitative estimate of drug-likeness (QED) is 0.446. The van der Waals surface area contributed by atoms with E-state index in [-0.39, 0.29) is 11.0 Å². The van der Waals surface area contributed by atoms with E-state index in [0.29, 0.717) is 29.1 Å². The summed E-state index contributed by atoms with van der Waals surface area (Å²) in [6.07, 6.45) is 0.691. The number of thiophene rings is 1. The summed E-state index contributed by atoms with van der Waals surface area (Å²) in [5.74, 6) is -0.279. The Morgan fingerprint density at radius 2 is 1.73 bits per heavy atom. The van der Waals surface area contributed by atoms with Crippen LogP contribution in [0.15, 0.2) is 60.7 Å². The predicted molar refractivity (Wildman–Crippen MR) is 120 cm³/mol. The topological polar surface area (TPSA) is 71.5 Å². The van der Waals surface area contributed by atoms with E-state index in [1.807, 2.05) is 31.2 Å². The number of amides is 1. The minimum Gasteiger partial charge on any atom is -0.498 e. The highest BCUT2D eigenvalue weighted by atomic mass is 32.1. The smallest absolute Gasteiger partial charge is 0.255 e. The van der Waals surface area contributed by atoms with Crippen molar-refractivity contribution < 1.29 is 14.6 Å². The first-order valence-corrected chi connectivity index (χ1v) is 10.4. The van der Waals surface area contributed by atoms with E-state index in [1.54, 1.807) is 31.4 Å². The van der Waals surface area contributed by atoms with Crippen LogP contribution in [-0.4, -0.2) is 23.1 Å². The third kappa shape index (κ3) is 3.92. The molecular weight excluding hydrogens is 396 g/mol. The molecule has 5 nitrogen and oxygen atoms in total. The molecule has 0 aliphatic heterocycles. The average Bonchev–Trinajstić information content (AvgIpc) is 3.06. The number of rotatable bonds is 6. The number of methoxy groups -OCH3 is 1. The van der Waals surface area contributed by atoms with Crippen LogP contribution in [0.5, 0.6) is 5.06 Å². The van der Waals surface area contributed by atoms with Gasteiger partial charge in [0.25, 0.3) is 5.91 Å². The molecule has 2 aromatic heterocycles. The molecule has 0 aliphatic rings. The number of hydrogen-bond acceptors (Lipinski definition) is 5. The molecule has 0 aliphatic carbocycles. The lowest BCUT2D eigenvalue weighted by atomic mass is 9.96. The third-order valence-corrected chi connectivity index (χ3v) is 5.92. The number of benzene rings is 2. The number of ether oxygens (including phenoxy) is 1. The summed E-state index contributed by atoms with van der Waals surface area (Å²) in [6.45, 7) is 2.32. The van der Waals surface area contributed by atoms with Crippen LogP contribution < -0.4 is 5.32 Å². The second-order valence-electron chi connectivity index (χ2n) is 7.03. The van der Waals surface area contributed by atoms with Crippen molar-refractivity contribution in [2.24, 2.45) is 0 Å². The average molecular weight is 419 g/mol. The molecule has 0 unspecified atom stereocenters. The number of nitrogens with zero attached hydrogens (tertiary/aromatic N) is 1. The van der Waals surface area contributed by atoms with Crippen molar-refractivity contribution >= 4 is 33.1 Å². The van der Waals surface area contributed by atoms with Crippen LogP contribution in [0.3, 0.4) is 0 Å². The Morgan fingerprint density at radius 3 is 2.40 bits per heavy atom. The normalized spacial score (nSPS) is 11.0. The van der Waals surface area contributed by atoms with E-state index in [9.17, 15) is 9.90 Å². The number of carbonyl (C=O) groups excluding carboxylic acids is 1. The zero-order valence-electron chi connectivity index (χ0n) is 16.8. The van der Waals surface area contributed by atoms with Crippen molar-refractivity contribution in [3.63, 3.8) is 0 Å². The summed E-state index contributed by atoms with van der Waals surface area (Å²) in [4.78, 5) is 18.2. The molecule has 4 rings (SSSR count). The Hall–Kier alpha value is -3.22. The summed E-state index contributed by atoms with van der Waals surface area (Å²) in [5.41, 5.74) is 4.94. The van der Waals surface area contributed by atoms with E-state index in [0.717, 1.165) is 39.1 Å². The van der Waals surface area contributed by atoms with Gasteiger partial charge in [-0.3, -0.25) is 4.79 Å². The molecule has 0 saturated heterocycles. The Labute approximate surface area is 179 Å². The highest BCUT2D eigenvalue weighted by Gasteiger charge is 2.22. The molecule has 2 aromatic carbocycles. The van der Waals surface area contributed by atoms with Crippen LogP contribution in [0.4, 0.5) is 5.69 Å². The predicted octanol–water partition coefficient (Wildman–Crippen LogP) is 5.30. The summed E-state index contributed by atoms with van der Waals surface area (Å²) in [7, 11) is 1.64. The van der Waals surface area contributed by atoms with Gasteiger partial charge < -0.3 is 15.2 Å². The zero-order valence-corrected chi connectivity index (χ0v) is 17.6. The van der Waals surface area contributed by atoms with Crippen molar-refractivity contribution in [1.82, 2.24) is 4.98 Å². The number of carbonyl (C=O) groups is 1. The van der Waals surface area contributed by atoms with Crippen molar-refractivity contribution in [2.45, 2.75) is 20.0 Å². The first-order chi connectivity index (χ1) is 14.6. The molecule has 0 atom stereocenters. The number of nitrogens with one attached hydrogen (secondary N) is 1. The van der Waals surface area contributed by atoms with E-state index >= 15 is 0 Å². The van der Waals surface area contributed by atoms with E-state index in [1.165, 1.54) is 0 Å². The fourth-order valence-corrected chi connectivity index (χ4v) is 4.53. The zero-order chi connectivity index (χ0) is 21.1. The van der Waals surface area contributed by atoms with Gasteiger partial charge in [0.15, 0.2) is 5.06 Å². The van der Waals surface area contributed by atoms with Crippen LogP contribution in [-0.2, 0) is 17.8 Å². The summed E-state index contributed by atoms with van der Waals surface area (Å²) in [6, 6.07) is 19.1. The molecule has 4 aromatic rings. The van der Waals surface area contributed by atoms with Crippen LogP contribution >= 0.6 is 11.3 Å². The molecule has 2 N–H and O–H groups in total. The Kier molecular flexibility index (Phi) is 5.79. The lowest BCUT2D eigenvalue weighted by molar-refractivity contribution is 0.102. The number of fused-ring (bicyclic) bond motifs is 1. The molecule has 1 amide bonds. The van der Waals surface area contributed by atoms with Crippen LogP contribution in [0, 0.1) is 6.92 Å². The highest BCUT2D eigenvalue weighted by Crippen LogP contribution is 2.44. The van der Waals surface area contributed by atoms with E-state index < -0.39 is 0 Å². The monoisotopic (exact) mass is 418 g/mol. The minimum absolute atomic E-state index is 0.0374. The van der Waals surface area contributed by atoms with E-state index in [4.69, 9.17) is 9.72 Å². The van der Waals surface area contributed by atoms with Crippen molar-refractivity contribution in [3.05, 3.63) is 88.6 Å². The summed E-state index contributed by atoms with van der Waals surface area (Å²) in [5, 5.41) is 14.3. The number of aryl methyl sites for hydroxylation is 1. The molecule has 0 radical (unpaired) electrons. The minimum atomic E-state index is -0.279. The fraction of sp³-hybridized carbons (Fsp3) is 0.167. The molecular formula is C24H22N2O3S. The number of anilines is 1. The first kappa shape index (κ1) is 20.1. The molecule has 2 heterocycles. The van der Waals surface area contributed by atoms with Gasteiger partial charge in [-0.15, -0.1) is 0 Å². The molecule has 0 spiro atoms. The van der Waals surface area contributed by atoms with Gasteiger partial charge >= 0.3 is 0 Å². The second kappa shape index (κ2) is 8.65. The summed E-state index contributed by atoms with van der Waals surface area (Å²) < 4.78 is 5.51. The Balaban J connectivity index is 1.84. The maximum absolute atomic E-state index is 12.8. The lowest BCUT2D eigenvalue weighted by Gasteiger charge is -2.15. The fourth-order valence-electron chi connectivity index (χ4n) is 3.58. The van der Waals surface area contributed by atoms with Crippen LogP contribution in [0.1, 0.15) is 32.7 Å². The largest absolute Gasteiger partial charge is 0.498 e. The summed E-state index contributed by atoms with van der Waals surface area (Å²) >= 11 is 1.16. The van der Waals surface area contributed by atoms with Gasteiger partial charge in [0, 0.05) is 23.8 Å². The van der Waals surface area contributed by atoms with Crippen LogP contribution in [0.25, 0.3) is 10.2 Å². The maximum atomic E-state index is 12.8. The molecule has 6 heteroatoms. The standard InChI is InChI=1S/C24H22N2O3S/c1-15-18(13-16-9-5-3-6-10-16)19(14-29-2)20-21(24(28)30-23(20)25-15)26-22(27)17-11-7-4-8-12-17/h3-12,28H,13-14H2,1-2H3,(H,26,27). The van der Waals surface area contributed by atoms with Gasteiger partial charge in [-0.05, 0) is 42.2 Å². The van der Waals surface area contributed by atoms with Gasteiger partial charge in [0.1, 0.15) is 10.5 Å². The van der Waals surface area contributed by atoms with Crippen LogP contribution in [0.2, 0.25) is 0 Å². The van der Waals surface area contributed by atoms with Crippen molar-refractivity contribution in [1.29, 1.82) is 0 Å². The highest BCUT2D eigenvalue weighted by molar-refractivity contribution is 7.21. The Bertz CT molecular complexity index is 1190. The second-order valence-corrected chi connectivity index (χ2v) is 8.01. The lowest BCUT2D eigenvalue weighted by Crippen LogP contribution is -2.12. The first-order valence-electron chi connectivity index (χ1n) is 9.61. The number of aromatic nitrogens is 1. The van der Waals surface area contributed by atoms with Crippen molar-refractivity contribution in [3.8, 4) is 5.06 Å². The van der Waals surface area contributed by atoms with Gasteiger partial charge in [-0.1, -0.05) is 59.9 Å². The number of pyridine rings is 1. The number of aromatic hydroxyl groups is 1. The van der Waals surface area contributed by atoms with Gasteiger partial charge in [0.05, 0.1) is 6.61 Å². The maximum Gasteiger partial charge on any atom is 0.255 e. The van der Waals surface area contributed by atoms with Crippen molar-refractivity contribution in [2.75, 3.05) is 12.4 Å².